The summed E-state index contributed by atoms with van der Waals surface area (Å²) in [6.07, 6.45) is 1.20. The minimum atomic E-state index is -1.38. The molecule has 1 saturated heterocycles. The second-order valence-corrected chi connectivity index (χ2v) is 4.96. The number of likely N-dealkylation sites (tertiary alicyclic amines) is 1. The van der Waals surface area contributed by atoms with Crippen molar-refractivity contribution in [1.82, 2.24) is 4.90 Å². The van der Waals surface area contributed by atoms with Gasteiger partial charge in [-0.2, -0.15) is 0 Å². The highest BCUT2D eigenvalue weighted by molar-refractivity contribution is 6.58. The number of rotatable bonds is 5. The zero-order chi connectivity index (χ0) is 13.0. The maximum Gasteiger partial charge on any atom is 0.488 e. The topological polar surface area (TPSA) is 52.9 Å². The van der Waals surface area contributed by atoms with Crippen LogP contribution in [0.2, 0.25) is 0 Å². The van der Waals surface area contributed by atoms with Crippen LogP contribution in [0.15, 0.2) is 24.3 Å². The van der Waals surface area contributed by atoms with Gasteiger partial charge in [0.25, 0.3) is 0 Å². The molecule has 1 aromatic rings. The molecule has 1 atom stereocenters. The van der Waals surface area contributed by atoms with Crippen molar-refractivity contribution in [3.63, 3.8) is 0 Å². The molecule has 18 heavy (non-hydrogen) atoms. The fraction of sp³-hybridized carbons (Fsp3) is 0.538. The van der Waals surface area contributed by atoms with Gasteiger partial charge in [0, 0.05) is 20.2 Å². The van der Waals surface area contributed by atoms with Crippen molar-refractivity contribution in [2.24, 2.45) is 5.92 Å². The second kappa shape index (κ2) is 6.34. The summed E-state index contributed by atoms with van der Waals surface area (Å²) in [5, 5.41) is 18.0. The average Bonchev–Trinajstić information content (AvgIpc) is 2.78. The molecule has 5 heteroatoms. The van der Waals surface area contributed by atoms with E-state index in [1.807, 2.05) is 12.1 Å². The Morgan fingerprint density at radius 3 is 2.67 bits per heavy atom. The Labute approximate surface area is 108 Å². The standard InChI is InChI=1S/C13H20BNO3/c1-18-10-12-6-7-15(9-12)8-11-2-4-13(5-3-11)14(16)17/h2-5,12,16-17H,6-10H2,1H3. The van der Waals surface area contributed by atoms with E-state index in [9.17, 15) is 0 Å². The SMILES string of the molecule is COCC1CCN(Cc2ccc(B(O)O)cc2)C1. The van der Waals surface area contributed by atoms with Crippen LogP contribution in [0, 0.1) is 5.92 Å². The number of ether oxygens (including phenoxy) is 1. The highest BCUT2D eigenvalue weighted by Crippen LogP contribution is 2.18. The first-order valence-corrected chi connectivity index (χ1v) is 6.35. The summed E-state index contributed by atoms with van der Waals surface area (Å²) in [7, 11) is 0.374. The van der Waals surface area contributed by atoms with E-state index in [1.165, 1.54) is 12.0 Å². The van der Waals surface area contributed by atoms with Crippen molar-refractivity contribution in [2.75, 3.05) is 26.8 Å². The highest BCUT2D eigenvalue weighted by Gasteiger charge is 2.22. The molecule has 0 saturated carbocycles. The number of benzene rings is 1. The van der Waals surface area contributed by atoms with Crippen molar-refractivity contribution < 1.29 is 14.8 Å². The van der Waals surface area contributed by atoms with Crippen LogP contribution in [-0.4, -0.2) is 48.9 Å². The largest absolute Gasteiger partial charge is 0.488 e. The Bertz CT molecular complexity index is 369. The predicted octanol–water partition coefficient (Wildman–Crippen LogP) is -0.165. The van der Waals surface area contributed by atoms with Gasteiger partial charge >= 0.3 is 7.12 Å². The van der Waals surface area contributed by atoms with E-state index < -0.39 is 7.12 Å². The molecule has 2 rings (SSSR count). The maximum atomic E-state index is 9.02. The van der Waals surface area contributed by atoms with Gasteiger partial charge < -0.3 is 14.8 Å². The quantitative estimate of drug-likeness (QED) is 0.712. The van der Waals surface area contributed by atoms with E-state index in [0.717, 1.165) is 26.2 Å². The van der Waals surface area contributed by atoms with Crippen LogP contribution in [0.5, 0.6) is 0 Å². The van der Waals surface area contributed by atoms with Gasteiger partial charge in [-0.05, 0) is 29.9 Å². The van der Waals surface area contributed by atoms with Crippen LogP contribution in [0.4, 0.5) is 0 Å². The molecule has 0 aliphatic carbocycles. The normalized spacial score (nSPS) is 20.3. The molecular formula is C13H20BNO3. The van der Waals surface area contributed by atoms with Crippen molar-refractivity contribution in [3.05, 3.63) is 29.8 Å². The molecule has 2 N–H and O–H groups in total. The van der Waals surface area contributed by atoms with E-state index in [-0.39, 0.29) is 0 Å². The first kappa shape index (κ1) is 13.6. The lowest BCUT2D eigenvalue weighted by Gasteiger charge is -2.16. The van der Waals surface area contributed by atoms with Gasteiger partial charge in [-0.1, -0.05) is 24.3 Å². The van der Waals surface area contributed by atoms with Gasteiger partial charge in [0.05, 0.1) is 6.61 Å². The third-order valence-corrected chi connectivity index (χ3v) is 3.46. The molecule has 1 unspecified atom stereocenters. The zero-order valence-corrected chi connectivity index (χ0v) is 10.7. The molecule has 0 aromatic heterocycles. The summed E-state index contributed by atoms with van der Waals surface area (Å²) >= 11 is 0. The molecule has 0 bridgehead atoms. The first-order valence-electron chi connectivity index (χ1n) is 6.35. The predicted molar refractivity (Wildman–Crippen MR) is 71.5 cm³/mol. The molecule has 4 nitrogen and oxygen atoms in total. The summed E-state index contributed by atoms with van der Waals surface area (Å²) in [5.41, 5.74) is 1.75. The monoisotopic (exact) mass is 249 g/mol. The van der Waals surface area contributed by atoms with E-state index in [1.54, 1.807) is 19.2 Å². The number of nitrogens with zero attached hydrogens (tertiary/aromatic N) is 1. The van der Waals surface area contributed by atoms with Crippen molar-refractivity contribution in [3.8, 4) is 0 Å². The number of hydrogen-bond acceptors (Lipinski definition) is 4. The third-order valence-electron chi connectivity index (χ3n) is 3.46. The molecule has 98 valence electrons. The Balaban J connectivity index is 1.86. The Morgan fingerprint density at radius 1 is 1.33 bits per heavy atom. The summed E-state index contributed by atoms with van der Waals surface area (Å²) in [6.45, 7) is 3.95. The molecule has 1 heterocycles. The van der Waals surface area contributed by atoms with Crippen LogP contribution in [0.25, 0.3) is 0 Å². The number of hydrogen-bond donors (Lipinski definition) is 2. The van der Waals surface area contributed by atoms with Crippen molar-refractivity contribution in [1.29, 1.82) is 0 Å². The smallest absolute Gasteiger partial charge is 0.423 e. The summed E-state index contributed by atoms with van der Waals surface area (Å²) in [5.74, 6) is 0.647. The minimum absolute atomic E-state index is 0.539. The van der Waals surface area contributed by atoms with Gasteiger partial charge in [-0.3, -0.25) is 4.90 Å². The van der Waals surface area contributed by atoms with Gasteiger partial charge in [0.2, 0.25) is 0 Å². The van der Waals surface area contributed by atoms with Crippen molar-refractivity contribution >= 4 is 12.6 Å². The molecule has 1 fully saturated rings. The maximum absolute atomic E-state index is 9.02. The Hall–Kier alpha value is -0.875. The van der Waals surface area contributed by atoms with Crippen molar-refractivity contribution in [2.45, 2.75) is 13.0 Å². The lowest BCUT2D eigenvalue weighted by molar-refractivity contribution is 0.152. The molecule has 1 aliphatic rings. The summed E-state index contributed by atoms with van der Waals surface area (Å²) < 4.78 is 5.18. The Kier molecular flexibility index (Phi) is 4.77. The summed E-state index contributed by atoms with van der Waals surface area (Å²) in [4.78, 5) is 2.41. The van der Waals surface area contributed by atoms with E-state index in [4.69, 9.17) is 14.8 Å². The van der Waals surface area contributed by atoms with Gasteiger partial charge in [0.15, 0.2) is 0 Å². The fourth-order valence-electron chi connectivity index (χ4n) is 2.48. The van der Waals surface area contributed by atoms with Crippen LogP contribution >= 0.6 is 0 Å². The minimum Gasteiger partial charge on any atom is -0.423 e. The van der Waals surface area contributed by atoms with Crippen LogP contribution in [-0.2, 0) is 11.3 Å². The fourth-order valence-corrected chi connectivity index (χ4v) is 2.48. The zero-order valence-electron chi connectivity index (χ0n) is 10.7. The van der Waals surface area contributed by atoms with Gasteiger partial charge in [-0.25, -0.2) is 0 Å². The molecule has 1 aromatic carbocycles. The first-order chi connectivity index (χ1) is 8.69. The second-order valence-electron chi connectivity index (χ2n) is 4.96. The Morgan fingerprint density at radius 2 is 2.06 bits per heavy atom. The lowest BCUT2D eigenvalue weighted by Crippen LogP contribution is -2.29. The molecule has 0 spiro atoms. The lowest BCUT2D eigenvalue weighted by atomic mass is 9.80. The third kappa shape index (κ3) is 3.56. The van der Waals surface area contributed by atoms with Gasteiger partial charge in [-0.15, -0.1) is 0 Å². The molecule has 0 amide bonds. The van der Waals surface area contributed by atoms with Gasteiger partial charge in [0.1, 0.15) is 0 Å². The molecular weight excluding hydrogens is 229 g/mol. The van der Waals surface area contributed by atoms with Crippen LogP contribution in [0.1, 0.15) is 12.0 Å². The van der Waals surface area contributed by atoms with E-state index in [0.29, 0.717) is 11.4 Å². The number of methoxy groups -OCH3 is 1. The van der Waals surface area contributed by atoms with E-state index >= 15 is 0 Å². The van der Waals surface area contributed by atoms with Crippen LogP contribution in [0.3, 0.4) is 0 Å². The average molecular weight is 249 g/mol. The highest BCUT2D eigenvalue weighted by atomic mass is 16.5. The molecule has 0 radical (unpaired) electrons. The molecule has 1 aliphatic heterocycles. The summed E-state index contributed by atoms with van der Waals surface area (Å²) in [6, 6.07) is 7.45. The van der Waals surface area contributed by atoms with E-state index in [2.05, 4.69) is 4.90 Å². The van der Waals surface area contributed by atoms with Crippen LogP contribution < -0.4 is 5.46 Å².